The lowest BCUT2D eigenvalue weighted by molar-refractivity contribution is -0.139. The van der Waals surface area contributed by atoms with Crippen LogP contribution in [0.4, 0.5) is 9.59 Å². The minimum Gasteiger partial charge on any atom is -0.444 e. The van der Waals surface area contributed by atoms with Gasteiger partial charge in [-0.3, -0.25) is 19.5 Å². The van der Waals surface area contributed by atoms with Crippen LogP contribution in [0.5, 0.6) is 0 Å². The van der Waals surface area contributed by atoms with Crippen LogP contribution < -0.4 is 5.32 Å². The van der Waals surface area contributed by atoms with Gasteiger partial charge in [0.15, 0.2) is 5.54 Å². The van der Waals surface area contributed by atoms with Gasteiger partial charge in [0.2, 0.25) is 5.91 Å². The van der Waals surface area contributed by atoms with E-state index >= 15 is 0 Å². The first kappa shape index (κ1) is 21.5. The third-order valence-electron chi connectivity index (χ3n) is 5.03. The number of hydrogen-bond acceptors (Lipinski definition) is 6. The maximum Gasteiger partial charge on any atom is 0.410 e. The van der Waals surface area contributed by atoms with Crippen molar-refractivity contribution in [2.24, 2.45) is 0 Å². The van der Waals surface area contributed by atoms with Crippen LogP contribution in [0.1, 0.15) is 33.4 Å². The van der Waals surface area contributed by atoms with Gasteiger partial charge in [-0.25, -0.2) is 9.59 Å². The molecule has 2 saturated heterocycles. The van der Waals surface area contributed by atoms with Crippen LogP contribution in [-0.2, 0) is 19.9 Å². The van der Waals surface area contributed by atoms with Crippen molar-refractivity contribution in [2.45, 2.75) is 38.8 Å². The van der Waals surface area contributed by atoms with Crippen molar-refractivity contribution in [2.75, 3.05) is 32.7 Å². The summed E-state index contributed by atoms with van der Waals surface area (Å²) in [7, 11) is 0. The Bertz CT molecular complexity index is 845. The number of carbonyl (C=O) groups excluding carboxylic acids is 4. The first-order valence-corrected chi connectivity index (χ1v) is 9.82. The van der Waals surface area contributed by atoms with Gasteiger partial charge >= 0.3 is 12.1 Å². The lowest BCUT2D eigenvalue weighted by Gasteiger charge is -2.36. The zero-order valence-electron chi connectivity index (χ0n) is 17.7. The molecule has 1 aromatic heterocycles. The number of ether oxygens (including phenoxy) is 1. The summed E-state index contributed by atoms with van der Waals surface area (Å²) < 4.78 is 5.35. The fraction of sp³-hybridized carbons (Fsp3) is 0.550. The summed E-state index contributed by atoms with van der Waals surface area (Å²) in [6.45, 7) is 7.85. The first-order valence-electron chi connectivity index (χ1n) is 9.82. The molecule has 30 heavy (non-hydrogen) atoms. The highest BCUT2D eigenvalue weighted by Crippen LogP contribution is 2.27. The molecule has 0 bridgehead atoms. The van der Waals surface area contributed by atoms with E-state index in [1.807, 2.05) is 0 Å². The van der Waals surface area contributed by atoms with Crippen LogP contribution in [0.25, 0.3) is 0 Å². The maximum atomic E-state index is 12.9. The van der Waals surface area contributed by atoms with Crippen LogP contribution in [0, 0.1) is 0 Å². The Kier molecular flexibility index (Phi) is 5.69. The highest BCUT2D eigenvalue weighted by molar-refractivity contribution is 6.08. The van der Waals surface area contributed by atoms with E-state index in [4.69, 9.17) is 4.74 Å². The van der Waals surface area contributed by atoms with E-state index in [-0.39, 0.29) is 12.5 Å². The van der Waals surface area contributed by atoms with Gasteiger partial charge in [0.25, 0.3) is 5.91 Å². The van der Waals surface area contributed by atoms with Crippen LogP contribution in [0.2, 0.25) is 0 Å². The quantitative estimate of drug-likeness (QED) is 0.732. The number of imide groups is 1. The summed E-state index contributed by atoms with van der Waals surface area (Å²) in [4.78, 5) is 58.3. The molecule has 1 N–H and O–H groups in total. The van der Waals surface area contributed by atoms with Crippen LogP contribution in [0.15, 0.2) is 24.4 Å². The average Bonchev–Trinajstić information content (AvgIpc) is 2.91. The maximum absolute atomic E-state index is 12.9. The average molecular weight is 417 g/mol. The summed E-state index contributed by atoms with van der Waals surface area (Å²) in [6.07, 6.45) is 1.12. The minimum atomic E-state index is -1.31. The molecule has 0 radical (unpaired) electrons. The predicted molar refractivity (Wildman–Crippen MR) is 106 cm³/mol. The predicted octanol–water partition coefficient (Wildman–Crippen LogP) is 0.928. The fourth-order valence-corrected chi connectivity index (χ4v) is 3.37. The monoisotopic (exact) mass is 417 g/mol. The molecule has 5 amide bonds. The largest absolute Gasteiger partial charge is 0.444 e. The Morgan fingerprint density at radius 1 is 1.13 bits per heavy atom. The lowest BCUT2D eigenvalue weighted by Crippen LogP contribution is -2.54. The van der Waals surface area contributed by atoms with E-state index in [1.54, 1.807) is 50.8 Å². The number of amides is 5. The van der Waals surface area contributed by atoms with Gasteiger partial charge in [-0.1, -0.05) is 6.07 Å². The normalized spacial score (nSPS) is 22.2. The molecule has 3 heterocycles. The molecule has 1 aromatic rings. The molecule has 0 aliphatic carbocycles. The van der Waals surface area contributed by atoms with Crippen molar-refractivity contribution >= 4 is 23.9 Å². The van der Waals surface area contributed by atoms with Gasteiger partial charge in [-0.2, -0.15) is 0 Å². The van der Waals surface area contributed by atoms with Crippen molar-refractivity contribution in [1.82, 2.24) is 25.0 Å². The Labute approximate surface area is 175 Å². The number of nitrogens with one attached hydrogen (secondary N) is 1. The highest BCUT2D eigenvalue weighted by atomic mass is 16.6. The molecule has 1 unspecified atom stereocenters. The third kappa shape index (κ3) is 4.37. The zero-order chi connectivity index (χ0) is 22.1. The number of hydrogen-bond donors (Lipinski definition) is 1. The van der Waals surface area contributed by atoms with Crippen molar-refractivity contribution in [3.63, 3.8) is 0 Å². The number of pyridine rings is 1. The molecule has 3 rings (SSSR count). The van der Waals surface area contributed by atoms with Crippen LogP contribution in [-0.4, -0.2) is 81.9 Å². The third-order valence-corrected chi connectivity index (χ3v) is 5.03. The van der Waals surface area contributed by atoms with Gasteiger partial charge in [-0.05, 0) is 39.8 Å². The molecule has 0 spiro atoms. The summed E-state index contributed by atoms with van der Waals surface area (Å²) >= 11 is 0. The second-order valence-electron chi connectivity index (χ2n) is 8.51. The summed E-state index contributed by atoms with van der Waals surface area (Å²) in [5, 5.41) is 2.63. The highest BCUT2D eigenvalue weighted by Gasteiger charge is 2.50. The van der Waals surface area contributed by atoms with E-state index < -0.39 is 29.2 Å². The van der Waals surface area contributed by atoms with Crippen molar-refractivity contribution in [3.05, 3.63) is 30.1 Å². The Hall–Kier alpha value is -3.17. The second kappa shape index (κ2) is 7.92. The standard InChI is InChI=1S/C20H27N5O5/c1-19(2,3)30-18(29)24-11-9-23(10-12-24)15(26)13-25-16(27)20(4,22-17(25)28)14-7-5-6-8-21-14/h5-8H,9-13H2,1-4H3,(H,22,28). The van der Waals surface area contributed by atoms with Crippen LogP contribution >= 0.6 is 0 Å². The Morgan fingerprint density at radius 3 is 2.33 bits per heavy atom. The fourth-order valence-electron chi connectivity index (χ4n) is 3.37. The smallest absolute Gasteiger partial charge is 0.410 e. The number of piperazine rings is 1. The molecule has 10 heteroatoms. The molecule has 2 aliphatic heterocycles. The molecular weight excluding hydrogens is 390 g/mol. The lowest BCUT2D eigenvalue weighted by atomic mass is 9.97. The van der Waals surface area contributed by atoms with Crippen molar-refractivity contribution in [3.8, 4) is 0 Å². The molecular formula is C20H27N5O5. The zero-order valence-corrected chi connectivity index (χ0v) is 17.7. The molecule has 162 valence electrons. The van der Waals surface area contributed by atoms with Gasteiger partial charge in [0, 0.05) is 32.4 Å². The summed E-state index contributed by atoms with van der Waals surface area (Å²) in [5.74, 6) is -0.875. The van der Waals surface area contributed by atoms with Crippen molar-refractivity contribution in [1.29, 1.82) is 0 Å². The number of nitrogens with zero attached hydrogens (tertiary/aromatic N) is 4. The molecule has 1 atom stereocenters. The molecule has 10 nitrogen and oxygen atoms in total. The number of aromatic nitrogens is 1. The van der Waals surface area contributed by atoms with Crippen molar-refractivity contribution < 1.29 is 23.9 Å². The molecule has 2 fully saturated rings. The Balaban J connectivity index is 1.59. The van der Waals surface area contributed by atoms with E-state index in [0.717, 1.165) is 4.90 Å². The van der Waals surface area contributed by atoms with Gasteiger partial charge in [0.1, 0.15) is 12.1 Å². The Morgan fingerprint density at radius 2 is 1.77 bits per heavy atom. The summed E-state index contributed by atoms with van der Waals surface area (Å²) in [6, 6.07) is 4.46. The first-order chi connectivity index (χ1) is 14.0. The molecule has 0 aromatic carbocycles. The summed E-state index contributed by atoms with van der Waals surface area (Å²) in [5.41, 5.74) is -1.49. The van der Waals surface area contributed by atoms with Gasteiger partial charge < -0.3 is 19.9 Å². The van der Waals surface area contributed by atoms with E-state index in [0.29, 0.717) is 31.9 Å². The van der Waals surface area contributed by atoms with E-state index in [1.165, 1.54) is 11.1 Å². The SMILES string of the molecule is CC(C)(C)OC(=O)N1CCN(C(=O)CN2C(=O)NC(C)(c3ccccn3)C2=O)CC1. The minimum absolute atomic E-state index is 0.305. The molecule has 0 saturated carbocycles. The van der Waals surface area contributed by atoms with E-state index in [9.17, 15) is 19.2 Å². The van der Waals surface area contributed by atoms with Gasteiger partial charge in [0.05, 0.1) is 5.69 Å². The van der Waals surface area contributed by atoms with E-state index in [2.05, 4.69) is 10.3 Å². The molecule has 2 aliphatic rings. The topological polar surface area (TPSA) is 112 Å². The number of urea groups is 1. The van der Waals surface area contributed by atoms with Crippen LogP contribution in [0.3, 0.4) is 0 Å². The number of carbonyl (C=O) groups is 4. The number of rotatable bonds is 3. The second-order valence-corrected chi connectivity index (χ2v) is 8.51. The van der Waals surface area contributed by atoms with Gasteiger partial charge in [-0.15, -0.1) is 0 Å².